The van der Waals surface area contributed by atoms with Gasteiger partial charge in [-0.1, -0.05) is 178 Å². The Labute approximate surface area is 381 Å². The van der Waals surface area contributed by atoms with Crippen LogP contribution in [0.25, 0.3) is 83.1 Å². The molecule has 0 bridgehead atoms. The highest BCUT2D eigenvalue weighted by Gasteiger charge is 2.36. The average molecular weight is 831 g/mol. The van der Waals surface area contributed by atoms with Gasteiger partial charge in [-0.2, -0.15) is 0 Å². The molecule has 0 unspecified atom stereocenters. The molecule has 0 saturated heterocycles. The van der Waals surface area contributed by atoms with Gasteiger partial charge in [0.1, 0.15) is 0 Å². The number of hydrogen-bond acceptors (Lipinski definition) is 1. The number of hydrogen-bond donors (Lipinski definition) is 0. The van der Waals surface area contributed by atoms with Crippen molar-refractivity contribution >= 4 is 38.9 Å². The molecule has 0 N–H and O–H groups in total. The second-order valence-corrected chi connectivity index (χ2v) is 17.8. The van der Waals surface area contributed by atoms with Crippen molar-refractivity contribution in [1.29, 1.82) is 0 Å². The quantitative estimate of drug-likeness (QED) is 0.148. The summed E-state index contributed by atoms with van der Waals surface area (Å²) in [6.07, 6.45) is 0. The molecule has 2 nitrogen and oxygen atoms in total. The fraction of sp³-hybridized carbons (Fsp3) is 0.0476. The molecule has 0 saturated carbocycles. The molecule has 1 heterocycles. The SMILES string of the molecule is CC1(C)c2cc(-c3ccccc3)ccc2-c2ccc(-c3ccc(N(c4ccccc4)c4ccc(-c5ccc(-c6ccc7c(c6)c6ccccc6n7-c6ccccc6)cc5)cc4)cc3)cc21. The van der Waals surface area contributed by atoms with Gasteiger partial charge in [0.25, 0.3) is 0 Å². The number of para-hydroxylation sites is 3. The van der Waals surface area contributed by atoms with Crippen molar-refractivity contribution in [3.63, 3.8) is 0 Å². The van der Waals surface area contributed by atoms with Gasteiger partial charge < -0.3 is 9.47 Å². The summed E-state index contributed by atoms with van der Waals surface area (Å²) in [7, 11) is 0. The van der Waals surface area contributed by atoms with Gasteiger partial charge in [0.15, 0.2) is 0 Å². The molecule has 0 atom stereocenters. The molecule has 12 rings (SSSR count). The summed E-state index contributed by atoms with van der Waals surface area (Å²) < 4.78 is 2.37. The van der Waals surface area contributed by atoms with Gasteiger partial charge in [-0.25, -0.2) is 0 Å². The predicted molar refractivity (Wildman–Crippen MR) is 275 cm³/mol. The minimum Gasteiger partial charge on any atom is -0.311 e. The van der Waals surface area contributed by atoms with E-state index in [1.165, 1.54) is 94.3 Å². The van der Waals surface area contributed by atoms with Gasteiger partial charge in [0.2, 0.25) is 0 Å². The van der Waals surface area contributed by atoms with Gasteiger partial charge in [0, 0.05) is 38.9 Å². The molecule has 1 aliphatic carbocycles. The van der Waals surface area contributed by atoms with Crippen LogP contribution in [0.4, 0.5) is 17.1 Å². The van der Waals surface area contributed by atoms with Crippen LogP contribution in [0.3, 0.4) is 0 Å². The summed E-state index contributed by atoms with van der Waals surface area (Å²) in [6, 6.07) is 88.6. The minimum atomic E-state index is -0.106. The topological polar surface area (TPSA) is 8.17 Å². The van der Waals surface area contributed by atoms with Gasteiger partial charge in [-0.3, -0.25) is 0 Å². The molecular weight excluding hydrogens is 785 g/mol. The molecule has 1 aliphatic rings. The van der Waals surface area contributed by atoms with Crippen molar-refractivity contribution in [2.45, 2.75) is 19.3 Å². The highest BCUT2D eigenvalue weighted by Crippen LogP contribution is 2.51. The number of anilines is 3. The Bertz CT molecular complexity index is 3510. The molecule has 0 amide bonds. The summed E-state index contributed by atoms with van der Waals surface area (Å²) in [5, 5.41) is 2.52. The molecular formula is C63H46N2. The monoisotopic (exact) mass is 830 g/mol. The van der Waals surface area contributed by atoms with Crippen LogP contribution in [0.15, 0.2) is 243 Å². The maximum atomic E-state index is 2.41. The van der Waals surface area contributed by atoms with Crippen LogP contribution in [0, 0.1) is 0 Å². The van der Waals surface area contributed by atoms with Crippen molar-refractivity contribution in [1.82, 2.24) is 4.57 Å². The Hall–Kier alpha value is -8.20. The molecule has 0 radical (unpaired) electrons. The lowest BCUT2D eigenvalue weighted by Gasteiger charge is -2.26. The number of aromatic nitrogens is 1. The summed E-state index contributed by atoms with van der Waals surface area (Å²) in [6.45, 7) is 4.73. The van der Waals surface area contributed by atoms with E-state index in [2.05, 4.69) is 266 Å². The maximum absolute atomic E-state index is 2.41. The van der Waals surface area contributed by atoms with Crippen LogP contribution >= 0.6 is 0 Å². The van der Waals surface area contributed by atoms with Crippen LogP contribution < -0.4 is 4.90 Å². The van der Waals surface area contributed by atoms with E-state index in [9.17, 15) is 0 Å². The Morgan fingerprint density at radius 2 is 0.692 bits per heavy atom. The second kappa shape index (κ2) is 15.6. The van der Waals surface area contributed by atoms with E-state index in [4.69, 9.17) is 0 Å². The largest absolute Gasteiger partial charge is 0.311 e. The maximum Gasteiger partial charge on any atom is 0.0541 e. The zero-order valence-corrected chi connectivity index (χ0v) is 36.5. The fourth-order valence-corrected chi connectivity index (χ4v) is 10.2. The van der Waals surface area contributed by atoms with E-state index in [1.807, 2.05) is 0 Å². The van der Waals surface area contributed by atoms with Gasteiger partial charge in [-0.05, 0) is 146 Å². The molecule has 1 aromatic heterocycles. The van der Waals surface area contributed by atoms with Crippen molar-refractivity contribution in [3.05, 3.63) is 254 Å². The van der Waals surface area contributed by atoms with Crippen molar-refractivity contribution in [2.24, 2.45) is 0 Å². The number of nitrogens with zero attached hydrogens (tertiary/aromatic N) is 2. The fourth-order valence-electron chi connectivity index (χ4n) is 10.2. The van der Waals surface area contributed by atoms with Gasteiger partial charge in [-0.15, -0.1) is 0 Å². The van der Waals surface area contributed by atoms with E-state index in [-0.39, 0.29) is 5.41 Å². The zero-order valence-electron chi connectivity index (χ0n) is 36.5. The Balaban J connectivity index is 0.813. The van der Waals surface area contributed by atoms with Crippen LogP contribution in [0.2, 0.25) is 0 Å². The molecule has 308 valence electrons. The van der Waals surface area contributed by atoms with Crippen molar-refractivity contribution in [3.8, 4) is 61.3 Å². The van der Waals surface area contributed by atoms with Gasteiger partial charge >= 0.3 is 0 Å². The Morgan fingerprint density at radius 3 is 1.26 bits per heavy atom. The third kappa shape index (κ3) is 6.65. The molecule has 2 heteroatoms. The first-order chi connectivity index (χ1) is 32.0. The first kappa shape index (κ1) is 38.5. The zero-order chi connectivity index (χ0) is 43.5. The van der Waals surface area contributed by atoms with Crippen LogP contribution in [-0.2, 0) is 5.41 Å². The lowest BCUT2D eigenvalue weighted by atomic mass is 9.81. The molecule has 11 aromatic rings. The van der Waals surface area contributed by atoms with Crippen LogP contribution in [0.1, 0.15) is 25.0 Å². The van der Waals surface area contributed by atoms with Crippen molar-refractivity contribution < 1.29 is 0 Å². The molecule has 0 aliphatic heterocycles. The van der Waals surface area contributed by atoms with Crippen LogP contribution in [-0.4, -0.2) is 4.57 Å². The standard InChI is InChI=1S/C63H46N2/c1-63(2)59-41-49(43-14-6-3-7-15-43)30-37-55(59)56-38-31-50(42-60(56)63)47-28-35-54(36-29-47)64(51-16-8-4-9-17-51)53-33-26-45(27-34-53)44-22-24-46(25-23-44)48-32-39-62-58(40-48)57-20-12-13-21-61(57)65(62)52-18-10-5-11-19-52/h3-42H,1-2H3. The lowest BCUT2D eigenvalue weighted by molar-refractivity contribution is 0.661. The highest BCUT2D eigenvalue weighted by atomic mass is 15.1. The summed E-state index contributed by atoms with van der Waals surface area (Å²) in [4.78, 5) is 2.34. The third-order valence-corrected chi connectivity index (χ3v) is 13.6. The van der Waals surface area contributed by atoms with E-state index in [1.54, 1.807) is 0 Å². The average Bonchev–Trinajstić information content (AvgIpc) is 3.82. The highest BCUT2D eigenvalue weighted by molar-refractivity contribution is 6.10. The van der Waals surface area contributed by atoms with Crippen LogP contribution in [0.5, 0.6) is 0 Å². The lowest BCUT2D eigenvalue weighted by Crippen LogP contribution is -2.15. The molecule has 65 heavy (non-hydrogen) atoms. The van der Waals surface area contributed by atoms with E-state index >= 15 is 0 Å². The third-order valence-electron chi connectivity index (χ3n) is 13.6. The van der Waals surface area contributed by atoms with Gasteiger partial charge in [0.05, 0.1) is 11.0 Å². The number of fused-ring (bicyclic) bond motifs is 6. The van der Waals surface area contributed by atoms with E-state index in [0.717, 1.165) is 17.1 Å². The molecule has 0 fully saturated rings. The van der Waals surface area contributed by atoms with E-state index in [0.29, 0.717) is 0 Å². The summed E-state index contributed by atoms with van der Waals surface area (Å²) >= 11 is 0. The smallest absolute Gasteiger partial charge is 0.0541 e. The number of benzene rings is 10. The Morgan fingerprint density at radius 1 is 0.308 bits per heavy atom. The second-order valence-electron chi connectivity index (χ2n) is 17.8. The van der Waals surface area contributed by atoms with Crippen molar-refractivity contribution in [2.75, 3.05) is 4.90 Å². The Kier molecular flexibility index (Phi) is 9.21. The first-order valence-electron chi connectivity index (χ1n) is 22.6. The normalized spacial score (nSPS) is 12.6. The minimum absolute atomic E-state index is 0.106. The summed E-state index contributed by atoms with van der Waals surface area (Å²) in [5.74, 6) is 0. The first-order valence-corrected chi connectivity index (χ1v) is 22.6. The molecule has 0 spiro atoms. The predicted octanol–water partition coefficient (Wildman–Crippen LogP) is 17.2. The van der Waals surface area contributed by atoms with E-state index < -0.39 is 0 Å². The summed E-state index contributed by atoms with van der Waals surface area (Å²) in [5.41, 5.74) is 22.0. The number of rotatable bonds is 8. The molecule has 10 aromatic carbocycles.